The molecular formula is C16H12BrN3OS. The molecule has 0 aliphatic carbocycles. The van der Waals surface area contributed by atoms with Crippen LogP contribution in [0.25, 0.3) is 10.6 Å². The van der Waals surface area contributed by atoms with Gasteiger partial charge in [-0.2, -0.15) is 0 Å². The second kappa shape index (κ2) is 6.37. The number of halogens is 1. The highest BCUT2D eigenvalue weighted by Gasteiger charge is 2.13. The first-order valence-corrected chi connectivity index (χ1v) is 8.20. The van der Waals surface area contributed by atoms with E-state index in [1.165, 1.54) is 11.3 Å². The Morgan fingerprint density at radius 2 is 2.09 bits per heavy atom. The molecule has 0 unspecified atom stereocenters. The van der Waals surface area contributed by atoms with Crippen molar-refractivity contribution in [3.05, 3.63) is 64.4 Å². The van der Waals surface area contributed by atoms with E-state index in [0.29, 0.717) is 10.7 Å². The number of aromatic nitrogens is 2. The summed E-state index contributed by atoms with van der Waals surface area (Å²) in [5.74, 6) is -0.178. The number of amides is 1. The normalized spacial score (nSPS) is 10.5. The average Bonchev–Trinajstić information content (AvgIpc) is 2.88. The summed E-state index contributed by atoms with van der Waals surface area (Å²) in [7, 11) is 0. The topological polar surface area (TPSA) is 54.9 Å². The molecule has 1 aromatic carbocycles. The summed E-state index contributed by atoms with van der Waals surface area (Å²) in [6.07, 6.45) is 1.74. The van der Waals surface area contributed by atoms with Gasteiger partial charge in [0.15, 0.2) is 5.13 Å². The predicted molar refractivity (Wildman–Crippen MR) is 92.2 cm³/mol. The summed E-state index contributed by atoms with van der Waals surface area (Å²) >= 11 is 4.78. The van der Waals surface area contributed by atoms with Gasteiger partial charge < -0.3 is 0 Å². The Labute approximate surface area is 140 Å². The van der Waals surface area contributed by atoms with Crippen molar-refractivity contribution in [1.29, 1.82) is 0 Å². The van der Waals surface area contributed by atoms with Gasteiger partial charge in [0.1, 0.15) is 0 Å². The number of hydrogen-bond donors (Lipinski definition) is 1. The van der Waals surface area contributed by atoms with Crippen LogP contribution in [0.1, 0.15) is 16.1 Å². The molecule has 0 saturated carbocycles. The van der Waals surface area contributed by atoms with Crippen molar-refractivity contribution in [3.63, 3.8) is 0 Å². The lowest BCUT2D eigenvalue weighted by Gasteiger charge is -2.01. The van der Waals surface area contributed by atoms with Crippen molar-refractivity contribution in [3.8, 4) is 10.6 Å². The first-order valence-electron chi connectivity index (χ1n) is 6.59. The van der Waals surface area contributed by atoms with Gasteiger partial charge >= 0.3 is 0 Å². The third-order valence-corrected chi connectivity index (χ3v) is 4.59. The number of hydrogen-bond acceptors (Lipinski definition) is 4. The minimum atomic E-state index is -0.178. The zero-order chi connectivity index (χ0) is 15.5. The number of carbonyl (C=O) groups excluding carboxylic acids is 1. The fraction of sp³-hybridized carbons (Fsp3) is 0.0625. The summed E-state index contributed by atoms with van der Waals surface area (Å²) in [5.41, 5.74) is 2.30. The molecule has 4 nitrogen and oxygen atoms in total. The van der Waals surface area contributed by atoms with Gasteiger partial charge in [-0.3, -0.25) is 15.1 Å². The second-order valence-electron chi connectivity index (χ2n) is 4.61. The van der Waals surface area contributed by atoms with E-state index >= 15 is 0 Å². The van der Waals surface area contributed by atoms with Gasteiger partial charge in [0.25, 0.3) is 5.91 Å². The third-order valence-electron chi connectivity index (χ3n) is 3.00. The summed E-state index contributed by atoms with van der Waals surface area (Å²) < 4.78 is 0.865. The number of rotatable bonds is 3. The van der Waals surface area contributed by atoms with Crippen LogP contribution in [0.5, 0.6) is 0 Å². The maximum absolute atomic E-state index is 12.2. The smallest absolute Gasteiger partial charge is 0.257 e. The third kappa shape index (κ3) is 3.23. The van der Waals surface area contributed by atoms with Crippen LogP contribution in [-0.2, 0) is 0 Å². The molecule has 0 bridgehead atoms. The molecule has 0 atom stereocenters. The Hall–Kier alpha value is -2.05. The lowest BCUT2D eigenvalue weighted by Crippen LogP contribution is -2.11. The van der Waals surface area contributed by atoms with Crippen LogP contribution in [0, 0.1) is 6.92 Å². The van der Waals surface area contributed by atoms with Crippen molar-refractivity contribution < 1.29 is 4.79 Å². The lowest BCUT2D eigenvalue weighted by atomic mass is 10.2. The molecule has 0 saturated heterocycles. The monoisotopic (exact) mass is 373 g/mol. The van der Waals surface area contributed by atoms with Crippen molar-refractivity contribution in [2.45, 2.75) is 6.92 Å². The van der Waals surface area contributed by atoms with Crippen LogP contribution in [0.2, 0.25) is 0 Å². The number of benzene rings is 1. The van der Waals surface area contributed by atoms with Crippen LogP contribution in [-0.4, -0.2) is 15.9 Å². The molecule has 0 fully saturated rings. The van der Waals surface area contributed by atoms with Crippen LogP contribution in [0.15, 0.2) is 53.1 Å². The van der Waals surface area contributed by atoms with E-state index in [2.05, 4.69) is 31.2 Å². The number of nitrogens with one attached hydrogen (secondary N) is 1. The number of anilines is 1. The minimum Gasteiger partial charge on any atom is -0.298 e. The van der Waals surface area contributed by atoms with E-state index in [9.17, 15) is 4.79 Å². The molecule has 1 amide bonds. The molecule has 2 heterocycles. The van der Waals surface area contributed by atoms with Crippen LogP contribution in [0.4, 0.5) is 5.13 Å². The summed E-state index contributed by atoms with van der Waals surface area (Å²) in [6, 6.07) is 13.0. The van der Waals surface area contributed by atoms with E-state index in [1.54, 1.807) is 18.3 Å². The Kier molecular flexibility index (Phi) is 4.31. The number of carbonyl (C=O) groups is 1. The number of aryl methyl sites for hydroxylation is 1. The molecule has 0 spiro atoms. The Balaban J connectivity index is 1.84. The minimum absolute atomic E-state index is 0.178. The van der Waals surface area contributed by atoms with Crippen LogP contribution < -0.4 is 5.32 Å². The first-order chi connectivity index (χ1) is 10.6. The molecule has 3 rings (SSSR count). The molecule has 3 aromatic rings. The molecule has 110 valence electrons. The first kappa shape index (κ1) is 14.9. The average molecular weight is 374 g/mol. The van der Waals surface area contributed by atoms with Crippen molar-refractivity contribution in [2.75, 3.05) is 5.32 Å². The summed E-state index contributed by atoms with van der Waals surface area (Å²) in [4.78, 5) is 21.9. The Morgan fingerprint density at radius 1 is 1.23 bits per heavy atom. The number of pyridine rings is 1. The molecule has 0 radical (unpaired) electrons. The van der Waals surface area contributed by atoms with Crippen molar-refractivity contribution in [2.24, 2.45) is 0 Å². The van der Waals surface area contributed by atoms with E-state index in [-0.39, 0.29) is 5.91 Å². The fourth-order valence-corrected chi connectivity index (χ4v) is 3.32. The molecule has 2 aromatic heterocycles. The van der Waals surface area contributed by atoms with Crippen molar-refractivity contribution in [1.82, 2.24) is 9.97 Å². The van der Waals surface area contributed by atoms with Gasteiger partial charge in [0, 0.05) is 16.2 Å². The summed E-state index contributed by atoms with van der Waals surface area (Å²) in [5, 5.41) is 3.41. The van der Waals surface area contributed by atoms with Gasteiger partial charge in [-0.15, -0.1) is 0 Å². The van der Waals surface area contributed by atoms with Gasteiger partial charge in [-0.05, 0) is 37.3 Å². The summed E-state index contributed by atoms with van der Waals surface area (Å²) in [6.45, 7) is 1.91. The lowest BCUT2D eigenvalue weighted by molar-refractivity contribution is 0.102. The molecule has 22 heavy (non-hydrogen) atoms. The van der Waals surface area contributed by atoms with Crippen molar-refractivity contribution >= 4 is 38.3 Å². The molecular weight excluding hydrogens is 362 g/mol. The van der Waals surface area contributed by atoms with Gasteiger partial charge in [-0.1, -0.05) is 39.4 Å². The highest BCUT2D eigenvalue weighted by molar-refractivity contribution is 9.10. The Morgan fingerprint density at radius 3 is 2.82 bits per heavy atom. The maximum atomic E-state index is 12.2. The SMILES string of the molecule is Cc1nc(NC(=O)c2cccc(Br)c2)sc1-c1ccccn1. The van der Waals surface area contributed by atoms with E-state index < -0.39 is 0 Å². The van der Waals surface area contributed by atoms with Gasteiger partial charge in [0.05, 0.1) is 16.3 Å². The molecule has 0 aliphatic heterocycles. The van der Waals surface area contributed by atoms with E-state index in [4.69, 9.17) is 0 Å². The zero-order valence-corrected chi connectivity index (χ0v) is 14.1. The van der Waals surface area contributed by atoms with Gasteiger partial charge in [-0.25, -0.2) is 4.98 Å². The van der Waals surface area contributed by atoms with Gasteiger partial charge in [0.2, 0.25) is 0 Å². The highest BCUT2D eigenvalue weighted by Crippen LogP contribution is 2.31. The second-order valence-corrected chi connectivity index (χ2v) is 6.53. The maximum Gasteiger partial charge on any atom is 0.257 e. The number of nitrogens with zero attached hydrogens (tertiary/aromatic N) is 2. The fourth-order valence-electron chi connectivity index (χ4n) is 1.98. The highest BCUT2D eigenvalue weighted by atomic mass is 79.9. The zero-order valence-electron chi connectivity index (χ0n) is 11.7. The predicted octanol–water partition coefficient (Wildman–Crippen LogP) is 4.53. The van der Waals surface area contributed by atoms with E-state index in [1.807, 2.05) is 37.3 Å². The molecule has 1 N–H and O–H groups in total. The molecule has 0 aliphatic rings. The van der Waals surface area contributed by atoms with Crippen LogP contribution >= 0.6 is 27.3 Å². The van der Waals surface area contributed by atoms with E-state index in [0.717, 1.165) is 20.7 Å². The Bertz CT molecular complexity index is 817. The largest absolute Gasteiger partial charge is 0.298 e. The number of thiazole rings is 1. The molecule has 6 heteroatoms. The standard InChI is InChI=1S/C16H12BrN3OS/c1-10-14(13-7-2-3-8-18-13)22-16(19-10)20-15(21)11-5-4-6-12(17)9-11/h2-9H,1H3,(H,19,20,21). The van der Waals surface area contributed by atoms with Crippen LogP contribution in [0.3, 0.4) is 0 Å². The quantitative estimate of drug-likeness (QED) is 0.733.